The quantitative estimate of drug-likeness (QED) is 0.488. The molecule has 9 nitrogen and oxygen atoms in total. The number of carbonyl (C=O) groups is 1. The Kier molecular flexibility index (Phi) is 8.90. The molecule has 0 radical (unpaired) electrons. The van der Waals surface area contributed by atoms with Crippen molar-refractivity contribution in [3.05, 3.63) is 34.9 Å². The van der Waals surface area contributed by atoms with Crippen molar-refractivity contribution in [2.45, 2.75) is 63.3 Å². The van der Waals surface area contributed by atoms with Gasteiger partial charge in [0.1, 0.15) is 12.4 Å². The molecule has 2 aliphatic rings. The monoisotopic (exact) mass is 477 g/mol. The van der Waals surface area contributed by atoms with E-state index in [0.717, 1.165) is 5.56 Å². The lowest BCUT2D eigenvalue weighted by atomic mass is 10.00. The molecule has 31 heavy (non-hydrogen) atoms. The Morgan fingerprint density at radius 2 is 2.19 bits per heavy atom. The molecule has 1 amide bonds. The molecule has 0 aromatic heterocycles. The highest BCUT2D eigenvalue weighted by Crippen LogP contribution is 2.56. The molecule has 0 spiro atoms. The third-order valence-electron chi connectivity index (χ3n) is 5.09. The van der Waals surface area contributed by atoms with Crippen molar-refractivity contribution in [3.8, 4) is 0 Å². The second kappa shape index (κ2) is 11.2. The van der Waals surface area contributed by atoms with Crippen LogP contribution in [-0.2, 0) is 27.9 Å². The van der Waals surface area contributed by atoms with E-state index in [9.17, 15) is 19.6 Å². The molecule has 174 valence electrons. The van der Waals surface area contributed by atoms with Crippen LogP contribution in [0.3, 0.4) is 0 Å². The maximum atomic E-state index is 12.9. The second-order valence-electron chi connectivity index (χ2n) is 7.68. The van der Waals surface area contributed by atoms with E-state index in [2.05, 4.69) is 5.32 Å². The molecule has 0 bridgehead atoms. The zero-order chi connectivity index (χ0) is 22.4. The summed E-state index contributed by atoms with van der Waals surface area (Å²) in [5.41, 5.74) is 0.814. The largest absolute Gasteiger partial charge is 0.391 e. The Bertz CT molecular complexity index is 784. The van der Waals surface area contributed by atoms with Gasteiger partial charge in [-0.2, -0.15) is 0 Å². The van der Waals surface area contributed by atoms with Crippen LogP contribution in [0.5, 0.6) is 0 Å². The molecule has 2 heterocycles. The fourth-order valence-electron chi connectivity index (χ4n) is 3.58. The molecule has 2 unspecified atom stereocenters. The third kappa shape index (κ3) is 6.97. The molecule has 0 saturated carbocycles. The minimum Gasteiger partial charge on any atom is -0.391 e. The summed E-state index contributed by atoms with van der Waals surface area (Å²) >= 11 is 6.02. The standard InChI is InChI=1S/C20H29ClNO8P/c1-2-4-18(24)22-19-16(23)10-15(29-20(19)25)11-27-12-31(26)28-8-7-17(30-31)13-5-3-6-14(21)9-13/h3,5-6,9,15-17,19-20,23,25H,2,4,7-8,10-12H2,1H3,(H,22,24)/t15-,16-,17-,19+,20?,31?/m0/s1. The molecule has 1 aromatic rings. The van der Waals surface area contributed by atoms with Crippen LogP contribution in [0.4, 0.5) is 0 Å². The average Bonchev–Trinajstić information content (AvgIpc) is 2.71. The van der Waals surface area contributed by atoms with Crippen molar-refractivity contribution in [2.75, 3.05) is 19.6 Å². The number of benzene rings is 1. The van der Waals surface area contributed by atoms with Crippen LogP contribution < -0.4 is 5.32 Å². The summed E-state index contributed by atoms with van der Waals surface area (Å²) in [6, 6.07) is 6.25. The van der Waals surface area contributed by atoms with Crippen LogP contribution in [0.2, 0.25) is 5.02 Å². The summed E-state index contributed by atoms with van der Waals surface area (Å²) in [5, 5.41) is 23.6. The van der Waals surface area contributed by atoms with Crippen molar-refractivity contribution in [1.82, 2.24) is 5.32 Å². The molecular weight excluding hydrogens is 449 g/mol. The SMILES string of the molecule is CCCC(=O)N[C@H]1C(O)O[C@H](COCP2(=O)OCC[C@@H](c3cccc(Cl)c3)O2)C[C@@H]1O. The number of nitrogens with one attached hydrogen (secondary N) is 1. The molecule has 2 aliphatic heterocycles. The van der Waals surface area contributed by atoms with Crippen molar-refractivity contribution < 1.29 is 38.1 Å². The van der Waals surface area contributed by atoms with Gasteiger partial charge in [-0.05, 0) is 24.1 Å². The third-order valence-corrected chi connectivity index (χ3v) is 6.98. The van der Waals surface area contributed by atoms with Crippen molar-refractivity contribution in [1.29, 1.82) is 0 Å². The first-order valence-corrected chi connectivity index (χ1v) is 12.5. The molecule has 3 rings (SSSR count). The summed E-state index contributed by atoms with van der Waals surface area (Å²) in [6.45, 7) is 2.09. The smallest absolute Gasteiger partial charge is 0.356 e. The van der Waals surface area contributed by atoms with Crippen LogP contribution in [0.15, 0.2) is 24.3 Å². The number of hydrogen-bond donors (Lipinski definition) is 3. The topological polar surface area (TPSA) is 124 Å². The lowest BCUT2D eigenvalue weighted by Gasteiger charge is -2.37. The van der Waals surface area contributed by atoms with Crippen LogP contribution in [0.25, 0.3) is 0 Å². The van der Waals surface area contributed by atoms with Gasteiger partial charge in [0.25, 0.3) is 0 Å². The van der Waals surface area contributed by atoms with Gasteiger partial charge in [0.15, 0.2) is 6.29 Å². The van der Waals surface area contributed by atoms with Gasteiger partial charge in [-0.25, -0.2) is 0 Å². The highest BCUT2D eigenvalue weighted by molar-refractivity contribution is 7.53. The zero-order valence-electron chi connectivity index (χ0n) is 17.3. The molecular formula is C20H29ClNO8P. The fourth-order valence-corrected chi connectivity index (χ4v) is 5.30. The normalized spacial score (nSPS) is 33.7. The maximum absolute atomic E-state index is 12.9. The molecule has 3 N–H and O–H groups in total. The average molecular weight is 478 g/mol. The van der Waals surface area contributed by atoms with Gasteiger partial charge >= 0.3 is 7.60 Å². The molecule has 2 saturated heterocycles. The van der Waals surface area contributed by atoms with Crippen molar-refractivity contribution >= 4 is 25.1 Å². The molecule has 11 heteroatoms. The van der Waals surface area contributed by atoms with E-state index in [1.807, 2.05) is 13.0 Å². The number of ether oxygens (including phenoxy) is 2. The van der Waals surface area contributed by atoms with Crippen LogP contribution in [0, 0.1) is 0 Å². The Morgan fingerprint density at radius 1 is 1.39 bits per heavy atom. The van der Waals surface area contributed by atoms with Gasteiger partial charge in [-0.15, -0.1) is 0 Å². The molecule has 6 atom stereocenters. The predicted molar refractivity (Wildman–Crippen MR) is 113 cm³/mol. The molecule has 0 aliphatic carbocycles. The van der Waals surface area contributed by atoms with E-state index in [1.54, 1.807) is 18.2 Å². The van der Waals surface area contributed by atoms with Crippen LogP contribution in [-0.4, -0.2) is 60.2 Å². The molecule has 1 aromatic carbocycles. The summed E-state index contributed by atoms with van der Waals surface area (Å²) in [7, 11) is -3.49. The van der Waals surface area contributed by atoms with E-state index < -0.39 is 38.2 Å². The predicted octanol–water partition coefficient (Wildman–Crippen LogP) is 2.74. The lowest BCUT2D eigenvalue weighted by Crippen LogP contribution is -2.57. The van der Waals surface area contributed by atoms with Crippen molar-refractivity contribution in [2.24, 2.45) is 0 Å². The van der Waals surface area contributed by atoms with E-state index in [1.165, 1.54) is 0 Å². The minimum atomic E-state index is -3.49. The van der Waals surface area contributed by atoms with E-state index >= 15 is 0 Å². The van der Waals surface area contributed by atoms with Crippen LogP contribution in [0.1, 0.15) is 44.3 Å². The summed E-state index contributed by atoms with van der Waals surface area (Å²) < 4.78 is 34.9. The number of aliphatic hydroxyl groups is 2. The first-order chi connectivity index (χ1) is 14.8. The van der Waals surface area contributed by atoms with Crippen molar-refractivity contribution in [3.63, 3.8) is 0 Å². The van der Waals surface area contributed by atoms with Gasteiger partial charge < -0.3 is 29.5 Å². The Morgan fingerprint density at radius 3 is 2.90 bits per heavy atom. The Hall–Kier alpha value is -1.03. The van der Waals surface area contributed by atoms with Gasteiger partial charge in [0.05, 0.1) is 31.5 Å². The highest BCUT2D eigenvalue weighted by atomic mass is 35.5. The summed E-state index contributed by atoms with van der Waals surface area (Å²) in [5.74, 6) is -0.261. The summed E-state index contributed by atoms with van der Waals surface area (Å²) in [6.07, 6.45) is -2.06. The van der Waals surface area contributed by atoms with E-state index in [0.29, 0.717) is 24.3 Å². The Labute approximate surface area is 186 Å². The number of hydrogen-bond acceptors (Lipinski definition) is 8. The van der Waals surface area contributed by atoms with Gasteiger partial charge in [-0.1, -0.05) is 30.7 Å². The van der Waals surface area contributed by atoms with Gasteiger partial charge in [-0.3, -0.25) is 13.9 Å². The fraction of sp³-hybridized carbons (Fsp3) is 0.650. The zero-order valence-corrected chi connectivity index (χ0v) is 19.0. The maximum Gasteiger partial charge on any atom is 0.356 e. The van der Waals surface area contributed by atoms with Gasteiger partial charge in [0.2, 0.25) is 5.91 Å². The summed E-state index contributed by atoms with van der Waals surface area (Å²) in [4.78, 5) is 11.7. The number of amides is 1. The van der Waals surface area contributed by atoms with E-state index in [-0.39, 0.29) is 31.9 Å². The number of carbonyl (C=O) groups excluding carboxylic acids is 1. The first-order valence-electron chi connectivity index (χ1n) is 10.4. The number of halogens is 1. The second-order valence-corrected chi connectivity index (χ2v) is 10.1. The Balaban J connectivity index is 1.47. The van der Waals surface area contributed by atoms with Gasteiger partial charge in [0, 0.05) is 24.3 Å². The number of rotatable bonds is 8. The minimum absolute atomic E-state index is 0.0255. The lowest BCUT2D eigenvalue weighted by molar-refractivity contribution is -0.217. The van der Waals surface area contributed by atoms with E-state index in [4.69, 9.17) is 30.1 Å². The van der Waals surface area contributed by atoms with Crippen LogP contribution >= 0.6 is 19.2 Å². The molecule has 2 fully saturated rings. The first kappa shape index (κ1) is 24.6. The number of aliphatic hydroxyl groups excluding tert-OH is 2. The highest BCUT2D eigenvalue weighted by Gasteiger charge is 2.39.